The summed E-state index contributed by atoms with van der Waals surface area (Å²) in [6, 6.07) is 4.19. The number of hydrogen-bond donors (Lipinski definition) is 2. The van der Waals surface area contributed by atoms with Gasteiger partial charge in [-0.1, -0.05) is 12.8 Å². The maximum absolute atomic E-state index is 6.09. The van der Waals surface area contributed by atoms with Gasteiger partial charge in [-0.2, -0.15) is 0 Å². The fourth-order valence-corrected chi connectivity index (χ4v) is 5.50. The largest absolute Gasteiger partial charge is 0.493 e. The second-order valence-corrected chi connectivity index (χ2v) is 7.92. The van der Waals surface area contributed by atoms with E-state index in [0.29, 0.717) is 35.3 Å². The average Bonchev–Trinajstić information content (AvgIpc) is 3.39. The second-order valence-electron chi connectivity index (χ2n) is 7.92. The maximum Gasteiger partial charge on any atom is 0.203 e. The van der Waals surface area contributed by atoms with Crippen LogP contribution in [0.3, 0.4) is 0 Å². The summed E-state index contributed by atoms with van der Waals surface area (Å²) in [7, 11) is 6.64. The summed E-state index contributed by atoms with van der Waals surface area (Å²) in [5, 5.41) is 7.10. The molecule has 3 fully saturated rings. The van der Waals surface area contributed by atoms with Crippen molar-refractivity contribution < 1.29 is 18.9 Å². The van der Waals surface area contributed by atoms with Crippen molar-refractivity contribution in [3.8, 4) is 17.2 Å². The maximum atomic E-state index is 6.09. The summed E-state index contributed by atoms with van der Waals surface area (Å²) < 4.78 is 22.4. The van der Waals surface area contributed by atoms with E-state index < -0.39 is 0 Å². The lowest BCUT2D eigenvalue weighted by atomic mass is 9.54. The summed E-state index contributed by atoms with van der Waals surface area (Å²) >= 11 is 0. The van der Waals surface area contributed by atoms with Gasteiger partial charge in [0.25, 0.3) is 0 Å². The first-order valence-electron chi connectivity index (χ1n) is 10.1. The molecule has 7 heteroatoms. The molecule has 2 saturated carbocycles. The fourth-order valence-electron chi connectivity index (χ4n) is 5.50. The van der Waals surface area contributed by atoms with E-state index in [0.717, 1.165) is 24.7 Å². The molecule has 1 saturated heterocycles. The molecule has 1 aliphatic heterocycles. The first-order chi connectivity index (χ1) is 13.7. The predicted molar refractivity (Wildman–Crippen MR) is 109 cm³/mol. The third kappa shape index (κ3) is 2.96. The number of nitrogens with one attached hydrogen (secondary N) is 2. The molecule has 1 spiro atoms. The van der Waals surface area contributed by atoms with E-state index in [-0.39, 0.29) is 5.41 Å². The van der Waals surface area contributed by atoms with Gasteiger partial charge in [-0.15, -0.1) is 0 Å². The summed E-state index contributed by atoms with van der Waals surface area (Å²) in [5.74, 6) is 3.14. The Bertz CT molecular complexity index is 720. The van der Waals surface area contributed by atoms with Gasteiger partial charge in [0.05, 0.1) is 27.4 Å². The fraction of sp³-hybridized carbons (Fsp3) is 0.667. The van der Waals surface area contributed by atoms with Gasteiger partial charge in [-0.25, -0.2) is 0 Å². The zero-order valence-corrected chi connectivity index (χ0v) is 17.2. The first-order valence-corrected chi connectivity index (χ1v) is 10.1. The van der Waals surface area contributed by atoms with Crippen molar-refractivity contribution in [2.75, 3.05) is 40.3 Å². The van der Waals surface area contributed by atoms with Gasteiger partial charge in [-0.3, -0.25) is 4.99 Å². The van der Waals surface area contributed by atoms with Crippen molar-refractivity contribution in [1.82, 2.24) is 5.32 Å². The molecule has 3 aliphatic rings. The molecular weight excluding hydrogens is 358 g/mol. The standard InChI is InChI=1S/C21H31N3O4/c1-22-20(23-13-11-15(25-2)17(27-4)16(12-13)26-3)24-18-14-7-10-28-19(14)21(18)8-5-6-9-21/h11-12,14,18-19H,5-10H2,1-4H3,(H2,22,23,24). The number of methoxy groups -OCH3 is 3. The lowest BCUT2D eigenvalue weighted by Gasteiger charge is -2.57. The van der Waals surface area contributed by atoms with Gasteiger partial charge >= 0.3 is 0 Å². The van der Waals surface area contributed by atoms with Crippen LogP contribution in [0.15, 0.2) is 17.1 Å². The van der Waals surface area contributed by atoms with E-state index in [9.17, 15) is 0 Å². The number of nitrogens with zero attached hydrogens (tertiary/aromatic N) is 1. The molecule has 7 nitrogen and oxygen atoms in total. The van der Waals surface area contributed by atoms with E-state index in [4.69, 9.17) is 18.9 Å². The smallest absolute Gasteiger partial charge is 0.203 e. The quantitative estimate of drug-likeness (QED) is 0.596. The number of aliphatic imine (C=N–C) groups is 1. The van der Waals surface area contributed by atoms with Crippen LogP contribution in [0.5, 0.6) is 17.2 Å². The summed E-state index contributed by atoms with van der Waals surface area (Å²) in [4.78, 5) is 4.47. The minimum Gasteiger partial charge on any atom is -0.493 e. The molecule has 28 heavy (non-hydrogen) atoms. The van der Waals surface area contributed by atoms with Crippen LogP contribution in [0.4, 0.5) is 5.69 Å². The molecule has 154 valence electrons. The van der Waals surface area contributed by atoms with Crippen LogP contribution in [0.1, 0.15) is 32.1 Å². The number of fused-ring (bicyclic) bond motifs is 2. The minimum atomic E-state index is 0.272. The van der Waals surface area contributed by atoms with Gasteiger partial charge in [-0.05, 0) is 19.3 Å². The molecule has 0 aromatic heterocycles. The third-order valence-electron chi connectivity index (χ3n) is 6.73. The van der Waals surface area contributed by atoms with Crippen molar-refractivity contribution in [3.05, 3.63) is 12.1 Å². The Morgan fingerprint density at radius 1 is 1.11 bits per heavy atom. The van der Waals surface area contributed by atoms with Crippen LogP contribution < -0.4 is 24.8 Å². The molecule has 3 atom stereocenters. The van der Waals surface area contributed by atoms with E-state index >= 15 is 0 Å². The Balaban J connectivity index is 1.53. The van der Waals surface area contributed by atoms with Crippen LogP contribution in [0, 0.1) is 11.3 Å². The Kier molecular flexibility index (Phi) is 5.27. The van der Waals surface area contributed by atoms with Crippen LogP contribution in [-0.4, -0.2) is 53.1 Å². The van der Waals surface area contributed by atoms with Crippen LogP contribution in [-0.2, 0) is 4.74 Å². The molecular formula is C21H31N3O4. The molecule has 1 heterocycles. The highest BCUT2D eigenvalue weighted by atomic mass is 16.5. The number of anilines is 1. The summed E-state index contributed by atoms with van der Waals surface area (Å²) in [6.07, 6.45) is 6.63. The van der Waals surface area contributed by atoms with Crippen molar-refractivity contribution >= 4 is 11.6 Å². The zero-order chi connectivity index (χ0) is 19.7. The van der Waals surface area contributed by atoms with Crippen molar-refractivity contribution in [2.24, 2.45) is 16.3 Å². The molecule has 3 unspecified atom stereocenters. The molecule has 2 N–H and O–H groups in total. The second kappa shape index (κ2) is 7.70. The van der Waals surface area contributed by atoms with Crippen molar-refractivity contribution in [2.45, 2.75) is 44.2 Å². The lowest BCUT2D eigenvalue weighted by Crippen LogP contribution is -2.68. The molecule has 1 aromatic rings. The molecule has 4 rings (SSSR count). The minimum absolute atomic E-state index is 0.272. The van der Waals surface area contributed by atoms with Gasteiger partial charge in [0.15, 0.2) is 17.5 Å². The summed E-state index contributed by atoms with van der Waals surface area (Å²) in [5.41, 5.74) is 1.11. The molecule has 0 radical (unpaired) electrons. The highest BCUT2D eigenvalue weighted by Crippen LogP contribution is 2.60. The first kappa shape index (κ1) is 19.2. The molecule has 2 aliphatic carbocycles. The van der Waals surface area contributed by atoms with E-state index in [1.165, 1.54) is 25.7 Å². The van der Waals surface area contributed by atoms with Crippen molar-refractivity contribution in [1.29, 1.82) is 0 Å². The van der Waals surface area contributed by atoms with Gasteiger partial charge in [0, 0.05) is 48.8 Å². The summed E-state index contributed by atoms with van der Waals surface area (Å²) in [6.45, 7) is 0.883. The average molecular weight is 389 g/mol. The van der Waals surface area contributed by atoms with E-state index in [1.807, 2.05) is 12.1 Å². The lowest BCUT2D eigenvalue weighted by molar-refractivity contribution is -0.124. The highest BCUT2D eigenvalue weighted by molar-refractivity contribution is 5.94. The van der Waals surface area contributed by atoms with Gasteiger partial charge in [0.2, 0.25) is 5.75 Å². The molecule has 0 amide bonds. The van der Waals surface area contributed by atoms with Crippen LogP contribution >= 0.6 is 0 Å². The zero-order valence-electron chi connectivity index (χ0n) is 17.2. The predicted octanol–water partition coefficient (Wildman–Crippen LogP) is 3.05. The SMILES string of the molecule is CN=C(Nc1cc(OC)c(OC)c(OC)c1)NC1C2CCOC2C12CCCC2. The normalized spacial score (nSPS) is 27.9. The van der Waals surface area contributed by atoms with Crippen LogP contribution in [0.2, 0.25) is 0 Å². The number of hydrogen-bond acceptors (Lipinski definition) is 5. The van der Waals surface area contributed by atoms with Crippen LogP contribution in [0.25, 0.3) is 0 Å². The number of rotatable bonds is 5. The number of guanidine groups is 1. The highest BCUT2D eigenvalue weighted by Gasteiger charge is 2.65. The Hall–Kier alpha value is -2.15. The Labute approximate surface area is 166 Å². The number of benzene rings is 1. The van der Waals surface area contributed by atoms with E-state index in [2.05, 4.69) is 15.6 Å². The molecule has 1 aromatic carbocycles. The van der Waals surface area contributed by atoms with Gasteiger partial charge < -0.3 is 29.6 Å². The third-order valence-corrected chi connectivity index (χ3v) is 6.73. The topological polar surface area (TPSA) is 73.3 Å². The number of ether oxygens (including phenoxy) is 4. The monoisotopic (exact) mass is 389 g/mol. The van der Waals surface area contributed by atoms with Gasteiger partial charge in [0.1, 0.15) is 0 Å². The van der Waals surface area contributed by atoms with E-state index in [1.54, 1.807) is 28.4 Å². The Morgan fingerprint density at radius 3 is 2.36 bits per heavy atom. The van der Waals surface area contributed by atoms with Crippen molar-refractivity contribution in [3.63, 3.8) is 0 Å². The molecule has 0 bridgehead atoms. The Morgan fingerprint density at radius 2 is 1.79 bits per heavy atom.